The molecule has 0 aliphatic heterocycles. The fraction of sp³-hybridized carbons (Fsp3) is 0.800. The lowest BCUT2D eigenvalue weighted by atomic mass is 10.3. The molecule has 0 saturated heterocycles. The van der Waals surface area contributed by atoms with Gasteiger partial charge in [-0.05, 0) is 14.0 Å². The Hall–Kier alpha value is -0.280. The quantitative estimate of drug-likeness (QED) is 0.574. The van der Waals surface area contributed by atoms with Gasteiger partial charge in [0.15, 0.2) is 0 Å². The number of carbonyl (C=O) groups is 1. The molecular formula is C5H13ClN2O. The molecule has 0 saturated carbocycles. The molecule has 0 unspecified atom stereocenters. The van der Waals surface area contributed by atoms with E-state index in [0.29, 0.717) is 0 Å². The number of likely N-dealkylation sites (N-methyl/N-ethyl adjacent to an activating group) is 2. The van der Waals surface area contributed by atoms with Crippen LogP contribution >= 0.6 is 12.4 Å². The smallest absolute Gasteiger partial charge is 0.236 e. The number of carbonyl (C=O) groups excluding carboxylic acids is 1. The van der Waals surface area contributed by atoms with E-state index in [1.807, 2.05) is 0 Å². The Balaban J connectivity index is 0. The SMILES string of the molecule is CNC(=O)[C@H](C)NC.Cl. The van der Waals surface area contributed by atoms with E-state index in [1.54, 1.807) is 21.0 Å². The van der Waals surface area contributed by atoms with Crippen LogP contribution < -0.4 is 10.6 Å². The van der Waals surface area contributed by atoms with Gasteiger partial charge in [-0.2, -0.15) is 0 Å². The molecule has 0 aromatic carbocycles. The monoisotopic (exact) mass is 152 g/mol. The van der Waals surface area contributed by atoms with Gasteiger partial charge in [-0.1, -0.05) is 0 Å². The van der Waals surface area contributed by atoms with Crippen LogP contribution in [0, 0.1) is 0 Å². The van der Waals surface area contributed by atoms with Gasteiger partial charge in [0.25, 0.3) is 0 Å². The number of hydrogen-bond donors (Lipinski definition) is 2. The van der Waals surface area contributed by atoms with Crippen molar-refractivity contribution in [1.82, 2.24) is 10.6 Å². The standard InChI is InChI=1S/C5H12N2O.ClH/c1-4(6-2)5(8)7-3;/h4,6H,1-3H3,(H,7,8);1H/t4-;/m0./s1. The van der Waals surface area contributed by atoms with Crippen molar-refractivity contribution in [1.29, 1.82) is 0 Å². The van der Waals surface area contributed by atoms with E-state index in [1.165, 1.54) is 0 Å². The predicted molar refractivity (Wildman–Crippen MR) is 39.8 cm³/mol. The van der Waals surface area contributed by atoms with E-state index in [2.05, 4.69) is 10.6 Å². The van der Waals surface area contributed by atoms with Crippen LogP contribution in [0.3, 0.4) is 0 Å². The van der Waals surface area contributed by atoms with E-state index < -0.39 is 0 Å². The van der Waals surface area contributed by atoms with Crippen molar-refractivity contribution in [3.63, 3.8) is 0 Å². The average Bonchev–Trinajstić information content (AvgIpc) is 1.84. The molecule has 0 aromatic rings. The van der Waals surface area contributed by atoms with Crippen molar-refractivity contribution in [3.8, 4) is 0 Å². The Labute approximate surface area is 61.6 Å². The molecular weight excluding hydrogens is 140 g/mol. The second-order valence-corrected chi connectivity index (χ2v) is 1.62. The molecule has 2 N–H and O–H groups in total. The van der Waals surface area contributed by atoms with Crippen molar-refractivity contribution >= 4 is 18.3 Å². The van der Waals surface area contributed by atoms with Crippen LogP contribution in [-0.2, 0) is 4.79 Å². The van der Waals surface area contributed by atoms with Crippen molar-refractivity contribution in [2.45, 2.75) is 13.0 Å². The maximum Gasteiger partial charge on any atom is 0.236 e. The highest BCUT2D eigenvalue weighted by Crippen LogP contribution is 1.75. The Morgan fingerprint density at radius 3 is 2.00 bits per heavy atom. The van der Waals surface area contributed by atoms with Crippen LogP contribution in [0.25, 0.3) is 0 Å². The normalized spacial score (nSPS) is 11.4. The molecule has 0 radical (unpaired) electrons. The first-order valence-electron chi connectivity index (χ1n) is 2.61. The van der Waals surface area contributed by atoms with Gasteiger partial charge in [-0.25, -0.2) is 0 Å². The van der Waals surface area contributed by atoms with E-state index in [0.717, 1.165) is 0 Å². The van der Waals surface area contributed by atoms with Crippen molar-refractivity contribution in [2.24, 2.45) is 0 Å². The van der Waals surface area contributed by atoms with Gasteiger partial charge in [0.1, 0.15) is 0 Å². The van der Waals surface area contributed by atoms with Gasteiger partial charge in [-0.15, -0.1) is 12.4 Å². The lowest BCUT2D eigenvalue weighted by molar-refractivity contribution is -0.122. The van der Waals surface area contributed by atoms with Crippen LogP contribution in [0.15, 0.2) is 0 Å². The van der Waals surface area contributed by atoms with Gasteiger partial charge in [0.2, 0.25) is 5.91 Å². The van der Waals surface area contributed by atoms with Crippen molar-refractivity contribution in [2.75, 3.05) is 14.1 Å². The summed E-state index contributed by atoms with van der Waals surface area (Å²) in [5, 5.41) is 5.32. The number of rotatable bonds is 2. The summed E-state index contributed by atoms with van der Waals surface area (Å²) in [6.07, 6.45) is 0. The van der Waals surface area contributed by atoms with E-state index in [-0.39, 0.29) is 24.4 Å². The molecule has 1 atom stereocenters. The zero-order valence-electron chi connectivity index (χ0n) is 5.89. The minimum atomic E-state index is -0.0833. The van der Waals surface area contributed by atoms with Gasteiger partial charge < -0.3 is 10.6 Å². The van der Waals surface area contributed by atoms with E-state index in [9.17, 15) is 4.79 Å². The van der Waals surface area contributed by atoms with Gasteiger partial charge in [0, 0.05) is 7.05 Å². The molecule has 0 bridgehead atoms. The largest absolute Gasteiger partial charge is 0.358 e. The highest BCUT2D eigenvalue weighted by molar-refractivity contribution is 5.85. The summed E-state index contributed by atoms with van der Waals surface area (Å²) in [6.45, 7) is 1.80. The lowest BCUT2D eigenvalue weighted by Gasteiger charge is -2.05. The van der Waals surface area contributed by atoms with Crippen molar-refractivity contribution < 1.29 is 4.79 Å². The Bertz CT molecular complexity index is 87.0. The zero-order chi connectivity index (χ0) is 6.57. The highest BCUT2D eigenvalue weighted by atomic mass is 35.5. The molecule has 0 aromatic heterocycles. The summed E-state index contributed by atoms with van der Waals surface area (Å²) in [7, 11) is 3.37. The highest BCUT2D eigenvalue weighted by Gasteiger charge is 2.04. The molecule has 0 spiro atoms. The van der Waals surface area contributed by atoms with E-state index >= 15 is 0 Å². The molecule has 0 fully saturated rings. The van der Waals surface area contributed by atoms with Crippen LogP contribution in [-0.4, -0.2) is 26.0 Å². The second-order valence-electron chi connectivity index (χ2n) is 1.62. The first-order chi connectivity index (χ1) is 3.72. The minimum absolute atomic E-state index is 0. The third-order valence-electron chi connectivity index (χ3n) is 1.07. The number of amides is 1. The van der Waals surface area contributed by atoms with Crippen LogP contribution in [0.2, 0.25) is 0 Å². The molecule has 0 aliphatic carbocycles. The summed E-state index contributed by atoms with van der Waals surface area (Å²) >= 11 is 0. The minimum Gasteiger partial charge on any atom is -0.358 e. The summed E-state index contributed by atoms with van der Waals surface area (Å²) in [6, 6.07) is -0.0833. The number of halogens is 1. The van der Waals surface area contributed by atoms with Gasteiger partial charge in [-0.3, -0.25) is 4.79 Å². The third kappa shape index (κ3) is 4.24. The molecule has 4 heteroatoms. The Morgan fingerprint density at radius 1 is 1.44 bits per heavy atom. The Morgan fingerprint density at radius 2 is 1.89 bits per heavy atom. The molecule has 0 rings (SSSR count). The summed E-state index contributed by atoms with van der Waals surface area (Å²) < 4.78 is 0. The van der Waals surface area contributed by atoms with Gasteiger partial charge in [0.05, 0.1) is 6.04 Å². The zero-order valence-corrected chi connectivity index (χ0v) is 6.71. The lowest BCUT2D eigenvalue weighted by Crippen LogP contribution is -2.38. The molecule has 1 amide bonds. The first-order valence-corrected chi connectivity index (χ1v) is 2.61. The second kappa shape index (κ2) is 5.85. The summed E-state index contributed by atoms with van der Waals surface area (Å²) in [4.78, 5) is 10.6. The van der Waals surface area contributed by atoms with Gasteiger partial charge >= 0.3 is 0 Å². The molecule has 3 nitrogen and oxygen atoms in total. The maximum absolute atomic E-state index is 10.6. The molecule has 0 heterocycles. The molecule has 9 heavy (non-hydrogen) atoms. The fourth-order valence-corrected chi connectivity index (χ4v) is 0.348. The summed E-state index contributed by atoms with van der Waals surface area (Å²) in [5.41, 5.74) is 0. The third-order valence-corrected chi connectivity index (χ3v) is 1.07. The Kier molecular flexibility index (Phi) is 7.48. The van der Waals surface area contributed by atoms with E-state index in [4.69, 9.17) is 0 Å². The topological polar surface area (TPSA) is 41.1 Å². The van der Waals surface area contributed by atoms with Crippen LogP contribution in [0.1, 0.15) is 6.92 Å². The van der Waals surface area contributed by atoms with Crippen LogP contribution in [0.5, 0.6) is 0 Å². The average molecular weight is 153 g/mol. The fourth-order valence-electron chi connectivity index (χ4n) is 0.348. The molecule has 56 valence electrons. The number of hydrogen-bond acceptors (Lipinski definition) is 2. The maximum atomic E-state index is 10.6. The van der Waals surface area contributed by atoms with Crippen LogP contribution in [0.4, 0.5) is 0 Å². The summed E-state index contributed by atoms with van der Waals surface area (Å²) in [5.74, 6) is 0.0208. The number of nitrogens with one attached hydrogen (secondary N) is 2. The van der Waals surface area contributed by atoms with Crippen molar-refractivity contribution in [3.05, 3.63) is 0 Å². The first kappa shape index (κ1) is 11.5. The predicted octanol–water partition coefficient (Wildman–Crippen LogP) is -0.238. The molecule has 0 aliphatic rings.